The number of nitrogens with zero attached hydrogens (tertiary/aromatic N) is 4. The third-order valence-corrected chi connectivity index (χ3v) is 4.43. The first kappa shape index (κ1) is 19.4. The Morgan fingerprint density at radius 1 is 1.21 bits per heavy atom. The average Bonchev–Trinajstić information content (AvgIpc) is 3.00. The standard InChI is InChI=1S/C20H22N4O4/c1-5-24(22(2)3)19(25)15-12-14(9-10-21-15)28-17-8-6-7-13-11-16(20(26)27)23(4)18(13)17/h6-12H,5H2,1-4H3,(H,26,27). The predicted molar refractivity (Wildman–Crippen MR) is 105 cm³/mol. The number of carboxylic acids is 1. The molecule has 0 saturated carbocycles. The van der Waals surface area contributed by atoms with Gasteiger partial charge in [-0.3, -0.25) is 14.8 Å². The molecular weight excluding hydrogens is 360 g/mol. The van der Waals surface area contributed by atoms with Crippen LogP contribution in [-0.4, -0.2) is 57.2 Å². The summed E-state index contributed by atoms with van der Waals surface area (Å²) in [5.41, 5.74) is 1.09. The van der Waals surface area contributed by atoms with Crippen LogP contribution in [0.1, 0.15) is 27.9 Å². The quantitative estimate of drug-likeness (QED) is 0.660. The van der Waals surface area contributed by atoms with Crippen LogP contribution in [-0.2, 0) is 7.05 Å². The van der Waals surface area contributed by atoms with Crippen LogP contribution < -0.4 is 4.74 Å². The highest BCUT2D eigenvalue weighted by atomic mass is 16.5. The summed E-state index contributed by atoms with van der Waals surface area (Å²) in [6, 6.07) is 10.2. The number of hydrogen-bond donors (Lipinski definition) is 1. The Labute approximate surface area is 162 Å². The van der Waals surface area contributed by atoms with Crippen molar-refractivity contribution in [3.05, 3.63) is 54.0 Å². The molecule has 1 amide bonds. The van der Waals surface area contributed by atoms with E-state index in [1.807, 2.05) is 13.0 Å². The van der Waals surface area contributed by atoms with Crippen molar-refractivity contribution in [2.75, 3.05) is 20.6 Å². The number of carboxylic acid groups (broad SMARTS) is 1. The Balaban J connectivity index is 1.97. The lowest BCUT2D eigenvalue weighted by atomic mass is 10.2. The SMILES string of the molecule is CCN(C(=O)c1cc(Oc2cccc3cc(C(=O)O)n(C)c23)ccn1)N(C)C. The van der Waals surface area contributed by atoms with Crippen LogP contribution in [0.15, 0.2) is 42.6 Å². The summed E-state index contributed by atoms with van der Waals surface area (Å²) in [4.78, 5) is 28.2. The topological polar surface area (TPSA) is 87.9 Å². The van der Waals surface area contributed by atoms with Gasteiger partial charge in [0, 0.05) is 45.3 Å². The second-order valence-corrected chi connectivity index (χ2v) is 6.43. The van der Waals surface area contributed by atoms with Gasteiger partial charge in [-0.15, -0.1) is 0 Å². The second kappa shape index (κ2) is 7.69. The number of carbonyl (C=O) groups is 2. The van der Waals surface area contributed by atoms with E-state index in [-0.39, 0.29) is 17.3 Å². The van der Waals surface area contributed by atoms with Crippen molar-refractivity contribution in [1.29, 1.82) is 0 Å². The molecule has 0 aliphatic heterocycles. The molecule has 0 unspecified atom stereocenters. The lowest BCUT2D eigenvalue weighted by molar-refractivity contribution is 0.0224. The Morgan fingerprint density at radius 3 is 2.61 bits per heavy atom. The zero-order valence-electron chi connectivity index (χ0n) is 16.2. The van der Waals surface area contributed by atoms with Gasteiger partial charge < -0.3 is 14.4 Å². The van der Waals surface area contributed by atoms with Crippen molar-refractivity contribution in [1.82, 2.24) is 19.6 Å². The van der Waals surface area contributed by atoms with Crippen molar-refractivity contribution < 1.29 is 19.4 Å². The number of hydrogen-bond acceptors (Lipinski definition) is 5. The average molecular weight is 382 g/mol. The Bertz CT molecular complexity index is 1040. The molecule has 3 aromatic rings. The third-order valence-electron chi connectivity index (χ3n) is 4.43. The molecule has 0 aliphatic carbocycles. The molecule has 8 heteroatoms. The minimum absolute atomic E-state index is 0.168. The molecule has 1 N–H and O–H groups in total. The summed E-state index contributed by atoms with van der Waals surface area (Å²) in [5, 5.41) is 13.4. The Morgan fingerprint density at radius 2 is 1.96 bits per heavy atom. The van der Waals surface area contributed by atoms with E-state index >= 15 is 0 Å². The number of hydrazine groups is 1. The van der Waals surface area contributed by atoms with Gasteiger partial charge >= 0.3 is 5.97 Å². The van der Waals surface area contributed by atoms with Crippen molar-refractivity contribution in [2.45, 2.75) is 6.92 Å². The monoisotopic (exact) mass is 382 g/mol. The highest BCUT2D eigenvalue weighted by molar-refractivity contribution is 5.97. The zero-order chi connectivity index (χ0) is 20.4. The van der Waals surface area contributed by atoms with E-state index in [1.54, 1.807) is 66.1 Å². The maximum Gasteiger partial charge on any atom is 0.352 e. The minimum atomic E-state index is -1.01. The molecule has 146 valence electrons. The molecule has 0 spiro atoms. The molecule has 2 heterocycles. The number of pyridine rings is 1. The van der Waals surface area contributed by atoms with Gasteiger partial charge in [-0.25, -0.2) is 9.80 Å². The summed E-state index contributed by atoms with van der Waals surface area (Å²) in [6.45, 7) is 2.40. The molecule has 0 aliphatic rings. The number of rotatable bonds is 6. The first-order valence-corrected chi connectivity index (χ1v) is 8.78. The number of aryl methyl sites for hydroxylation is 1. The molecule has 8 nitrogen and oxygen atoms in total. The van der Waals surface area contributed by atoms with Gasteiger partial charge in [-0.2, -0.15) is 0 Å². The van der Waals surface area contributed by atoms with Gasteiger partial charge in [0.2, 0.25) is 0 Å². The van der Waals surface area contributed by atoms with E-state index in [4.69, 9.17) is 4.74 Å². The van der Waals surface area contributed by atoms with Crippen LogP contribution in [0.3, 0.4) is 0 Å². The van der Waals surface area contributed by atoms with Crippen LogP contribution in [0.2, 0.25) is 0 Å². The first-order valence-electron chi connectivity index (χ1n) is 8.78. The van der Waals surface area contributed by atoms with Crippen LogP contribution in [0.5, 0.6) is 11.5 Å². The predicted octanol–water partition coefficient (Wildman–Crippen LogP) is 3.00. The van der Waals surface area contributed by atoms with Gasteiger partial charge in [0.05, 0.1) is 5.52 Å². The number of carbonyl (C=O) groups excluding carboxylic acids is 1. The highest BCUT2D eigenvalue weighted by Crippen LogP contribution is 2.32. The molecule has 0 radical (unpaired) electrons. The molecule has 0 bridgehead atoms. The molecule has 28 heavy (non-hydrogen) atoms. The lowest BCUT2D eigenvalue weighted by Crippen LogP contribution is -2.42. The molecule has 1 aromatic carbocycles. The van der Waals surface area contributed by atoms with Gasteiger partial charge in [0.15, 0.2) is 5.75 Å². The van der Waals surface area contributed by atoms with E-state index in [1.165, 1.54) is 6.20 Å². The molecule has 0 atom stereocenters. The minimum Gasteiger partial charge on any atom is -0.477 e. The number of benzene rings is 1. The van der Waals surface area contributed by atoms with Gasteiger partial charge in [0.25, 0.3) is 5.91 Å². The normalized spacial score (nSPS) is 11.0. The smallest absolute Gasteiger partial charge is 0.352 e. The van der Waals surface area contributed by atoms with E-state index < -0.39 is 5.97 Å². The fourth-order valence-electron chi connectivity index (χ4n) is 3.13. The van der Waals surface area contributed by atoms with E-state index in [0.29, 0.717) is 23.6 Å². The fraction of sp³-hybridized carbons (Fsp3) is 0.250. The maximum atomic E-state index is 12.7. The summed E-state index contributed by atoms with van der Waals surface area (Å²) >= 11 is 0. The Hall–Kier alpha value is -3.39. The first-order chi connectivity index (χ1) is 13.3. The van der Waals surface area contributed by atoms with Crippen LogP contribution in [0, 0.1) is 0 Å². The molecule has 3 rings (SSSR count). The van der Waals surface area contributed by atoms with Gasteiger partial charge in [-0.1, -0.05) is 12.1 Å². The molecule has 2 aromatic heterocycles. The number of fused-ring (bicyclic) bond motifs is 1. The molecular formula is C20H22N4O4. The van der Waals surface area contributed by atoms with E-state index in [2.05, 4.69) is 4.98 Å². The zero-order valence-corrected chi connectivity index (χ0v) is 16.2. The summed E-state index contributed by atoms with van der Waals surface area (Å²) < 4.78 is 7.57. The van der Waals surface area contributed by atoms with Crippen molar-refractivity contribution in [3.8, 4) is 11.5 Å². The Kier molecular flexibility index (Phi) is 5.32. The highest BCUT2D eigenvalue weighted by Gasteiger charge is 2.19. The number of ether oxygens (including phenoxy) is 1. The van der Waals surface area contributed by atoms with Crippen LogP contribution >= 0.6 is 0 Å². The van der Waals surface area contributed by atoms with Crippen molar-refractivity contribution >= 4 is 22.8 Å². The fourth-order valence-corrected chi connectivity index (χ4v) is 3.13. The summed E-state index contributed by atoms with van der Waals surface area (Å²) in [5.74, 6) is -0.302. The summed E-state index contributed by atoms with van der Waals surface area (Å²) in [7, 11) is 5.26. The number of para-hydroxylation sites is 1. The van der Waals surface area contributed by atoms with Crippen LogP contribution in [0.25, 0.3) is 10.9 Å². The molecule has 0 saturated heterocycles. The maximum absolute atomic E-state index is 12.7. The lowest BCUT2D eigenvalue weighted by Gasteiger charge is -2.27. The van der Waals surface area contributed by atoms with Crippen molar-refractivity contribution in [2.24, 2.45) is 7.05 Å². The van der Waals surface area contributed by atoms with Gasteiger partial charge in [0.1, 0.15) is 17.1 Å². The third kappa shape index (κ3) is 3.54. The number of amides is 1. The van der Waals surface area contributed by atoms with Crippen molar-refractivity contribution in [3.63, 3.8) is 0 Å². The number of aromatic carboxylic acids is 1. The van der Waals surface area contributed by atoms with E-state index in [0.717, 1.165) is 5.39 Å². The summed E-state index contributed by atoms with van der Waals surface area (Å²) in [6.07, 6.45) is 1.51. The number of aromatic nitrogens is 2. The largest absolute Gasteiger partial charge is 0.477 e. The molecule has 0 fully saturated rings. The van der Waals surface area contributed by atoms with Gasteiger partial charge in [-0.05, 0) is 25.1 Å². The second-order valence-electron chi connectivity index (χ2n) is 6.43. The van der Waals surface area contributed by atoms with E-state index in [9.17, 15) is 14.7 Å². The van der Waals surface area contributed by atoms with Crippen LogP contribution in [0.4, 0.5) is 0 Å².